The van der Waals surface area contributed by atoms with Crippen LogP contribution >= 0.6 is 0 Å². The third-order valence-corrected chi connectivity index (χ3v) is 4.03. The van der Waals surface area contributed by atoms with E-state index >= 15 is 0 Å². The molecule has 0 aliphatic heterocycles. The van der Waals surface area contributed by atoms with Gasteiger partial charge in [0.05, 0.1) is 0 Å². The number of carbonyl (C=O) groups is 2. The molecule has 0 bridgehead atoms. The van der Waals surface area contributed by atoms with Gasteiger partial charge in [0.25, 0.3) is 11.8 Å². The van der Waals surface area contributed by atoms with E-state index in [0.717, 1.165) is 0 Å². The minimum absolute atomic E-state index is 0.0110. The van der Waals surface area contributed by atoms with E-state index in [-0.39, 0.29) is 23.3 Å². The lowest BCUT2D eigenvalue weighted by Gasteiger charge is -2.27. The molecule has 0 saturated carbocycles. The van der Waals surface area contributed by atoms with Crippen LogP contribution in [0.15, 0.2) is 6.07 Å². The number of hydrogen-bond donors (Lipinski definition) is 1. The van der Waals surface area contributed by atoms with Gasteiger partial charge in [0.15, 0.2) is 5.69 Å². The molecule has 0 aromatic carbocycles. The quantitative estimate of drug-likeness (QED) is 0.905. The summed E-state index contributed by atoms with van der Waals surface area (Å²) in [4.78, 5) is 26.3. The van der Waals surface area contributed by atoms with Crippen molar-refractivity contribution in [1.29, 1.82) is 0 Å². The van der Waals surface area contributed by atoms with Crippen LogP contribution in [0, 0.1) is 5.41 Å². The highest BCUT2D eigenvalue weighted by atomic mass is 16.2. The lowest BCUT2D eigenvalue weighted by atomic mass is 9.88. The fraction of sp³-hybridized carbons (Fsp3) is 0.688. The smallest absolute Gasteiger partial charge is 0.274 e. The van der Waals surface area contributed by atoms with Crippen LogP contribution in [0.4, 0.5) is 0 Å². The van der Waals surface area contributed by atoms with Gasteiger partial charge in [-0.2, -0.15) is 5.10 Å². The predicted molar refractivity (Wildman–Crippen MR) is 86.8 cm³/mol. The van der Waals surface area contributed by atoms with Crippen LogP contribution in [0.5, 0.6) is 0 Å². The van der Waals surface area contributed by atoms with Crippen molar-refractivity contribution in [3.8, 4) is 0 Å². The van der Waals surface area contributed by atoms with Crippen molar-refractivity contribution in [1.82, 2.24) is 20.0 Å². The van der Waals surface area contributed by atoms with Crippen molar-refractivity contribution < 1.29 is 9.59 Å². The van der Waals surface area contributed by atoms with E-state index in [9.17, 15) is 9.59 Å². The summed E-state index contributed by atoms with van der Waals surface area (Å²) < 4.78 is 1.46. The summed E-state index contributed by atoms with van der Waals surface area (Å²) >= 11 is 0. The van der Waals surface area contributed by atoms with Gasteiger partial charge in [0, 0.05) is 32.2 Å². The van der Waals surface area contributed by atoms with Crippen molar-refractivity contribution in [3.63, 3.8) is 0 Å². The zero-order chi connectivity index (χ0) is 17.1. The van der Waals surface area contributed by atoms with Crippen LogP contribution in [-0.4, -0.2) is 45.6 Å². The van der Waals surface area contributed by atoms with Gasteiger partial charge in [-0.3, -0.25) is 14.3 Å². The molecule has 1 atom stereocenters. The Labute approximate surface area is 132 Å². The molecule has 1 aromatic rings. The number of rotatable bonds is 5. The molecule has 6 heteroatoms. The van der Waals surface area contributed by atoms with Crippen molar-refractivity contribution in [2.75, 3.05) is 13.1 Å². The summed E-state index contributed by atoms with van der Waals surface area (Å²) in [5.74, 6) is -0.362. The molecule has 6 nitrogen and oxygen atoms in total. The Bertz CT molecular complexity index is 539. The van der Waals surface area contributed by atoms with Gasteiger partial charge < -0.3 is 10.2 Å². The molecule has 0 aliphatic carbocycles. The number of nitrogens with one attached hydrogen (secondary N) is 1. The van der Waals surface area contributed by atoms with E-state index in [0.29, 0.717) is 24.5 Å². The van der Waals surface area contributed by atoms with Crippen molar-refractivity contribution >= 4 is 11.8 Å². The zero-order valence-corrected chi connectivity index (χ0v) is 14.7. The summed E-state index contributed by atoms with van der Waals surface area (Å²) in [7, 11) is 1.68. The third kappa shape index (κ3) is 4.08. The van der Waals surface area contributed by atoms with Crippen LogP contribution in [0.2, 0.25) is 0 Å². The number of carbonyl (C=O) groups excluding carboxylic acids is 2. The topological polar surface area (TPSA) is 67.2 Å². The number of aryl methyl sites for hydroxylation is 1. The minimum atomic E-state index is -0.212. The number of amides is 2. The normalized spacial score (nSPS) is 12.9. The summed E-state index contributed by atoms with van der Waals surface area (Å²) in [5.41, 5.74) is 0.667. The molecule has 0 aliphatic rings. The molecular formula is C16H28N4O2. The van der Waals surface area contributed by atoms with Crippen molar-refractivity contribution in [2.24, 2.45) is 12.5 Å². The lowest BCUT2D eigenvalue weighted by molar-refractivity contribution is 0.0766. The maximum atomic E-state index is 12.4. The fourth-order valence-electron chi connectivity index (χ4n) is 1.94. The highest BCUT2D eigenvalue weighted by Crippen LogP contribution is 2.19. The fourth-order valence-corrected chi connectivity index (χ4v) is 1.94. The second-order valence-electron chi connectivity index (χ2n) is 6.58. The molecule has 0 radical (unpaired) electrons. The summed E-state index contributed by atoms with van der Waals surface area (Å²) in [6, 6.07) is 1.57. The van der Waals surface area contributed by atoms with Crippen LogP contribution < -0.4 is 5.32 Å². The first-order chi connectivity index (χ1) is 10.1. The van der Waals surface area contributed by atoms with Gasteiger partial charge in [-0.25, -0.2) is 0 Å². The van der Waals surface area contributed by atoms with Crippen molar-refractivity contribution in [2.45, 2.75) is 47.6 Å². The highest BCUT2D eigenvalue weighted by Gasteiger charge is 2.25. The van der Waals surface area contributed by atoms with Crippen molar-refractivity contribution in [3.05, 3.63) is 17.5 Å². The van der Waals surface area contributed by atoms with Crippen LogP contribution in [0.1, 0.15) is 62.5 Å². The molecule has 0 spiro atoms. The Kier molecular flexibility index (Phi) is 5.74. The van der Waals surface area contributed by atoms with E-state index in [1.807, 2.05) is 20.8 Å². The average Bonchev–Trinajstić information content (AvgIpc) is 2.81. The highest BCUT2D eigenvalue weighted by molar-refractivity contribution is 5.98. The zero-order valence-electron chi connectivity index (χ0n) is 14.7. The Hall–Kier alpha value is -1.85. The number of hydrogen-bond acceptors (Lipinski definition) is 3. The van der Waals surface area contributed by atoms with E-state index in [1.165, 1.54) is 4.68 Å². The first kappa shape index (κ1) is 18.2. The molecule has 22 heavy (non-hydrogen) atoms. The summed E-state index contributed by atoms with van der Waals surface area (Å²) in [6.07, 6.45) is 0. The van der Waals surface area contributed by atoms with Gasteiger partial charge in [-0.15, -0.1) is 0 Å². The molecule has 124 valence electrons. The second-order valence-corrected chi connectivity index (χ2v) is 6.58. The van der Waals surface area contributed by atoms with E-state index in [1.54, 1.807) is 18.0 Å². The molecule has 1 N–H and O–H groups in total. The van der Waals surface area contributed by atoms with E-state index < -0.39 is 0 Å². The van der Waals surface area contributed by atoms with Crippen LogP contribution in [-0.2, 0) is 7.05 Å². The third-order valence-electron chi connectivity index (χ3n) is 4.03. The minimum Gasteiger partial charge on any atom is -0.348 e. The van der Waals surface area contributed by atoms with Gasteiger partial charge in [0.2, 0.25) is 0 Å². The maximum Gasteiger partial charge on any atom is 0.274 e. The Morgan fingerprint density at radius 3 is 2.32 bits per heavy atom. The van der Waals surface area contributed by atoms with Crippen LogP contribution in [0.3, 0.4) is 0 Å². The van der Waals surface area contributed by atoms with Gasteiger partial charge in [-0.05, 0) is 26.2 Å². The molecule has 1 heterocycles. The molecule has 2 amide bonds. The Morgan fingerprint density at radius 1 is 1.32 bits per heavy atom. The molecule has 1 unspecified atom stereocenters. The van der Waals surface area contributed by atoms with Crippen LogP contribution in [0.25, 0.3) is 0 Å². The summed E-state index contributed by atoms with van der Waals surface area (Å²) in [6.45, 7) is 13.2. The molecule has 0 fully saturated rings. The first-order valence-electron chi connectivity index (χ1n) is 7.76. The van der Waals surface area contributed by atoms with Gasteiger partial charge in [0.1, 0.15) is 5.69 Å². The Balaban J connectivity index is 2.94. The molecule has 1 rings (SSSR count). The first-order valence-corrected chi connectivity index (χ1v) is 7.76. The number of nitrogens with zero attached hydrogens (tertiary/aromatic N) is 3. The monoisotopic (exact) mass is 308 g/mol. The average molecular weight is 308 g/mol. The second kappa shape index (κ2) is 6.94. The molecular weight excluding hydrogens is 280 g/mol. The SMILES string of the molecule is CCN(CC)C(=O)c1cc(C(=O)NC(C)C(C)(C)C)n(C)n1. The largest absolute Gasteiger partial charge is 0.348 e. The van der Waals surface area contributed by atoms with Gasteiger partial charge in [-0.1, -0.05) is 20.8 Å². The number of aromatic nitrogens is 2. The lowest BCUT2D eigenvalue weighted by Crippen LogP contribution is -2.42. The predicted octanol–water partition coefficient (Wildman–Crippen LogP) is 2.07. The van der Waals surface area contributed by atoms with Gasteiger partial charge >= 0.3 is 0 Å². The maximum absolute atomic E-state index is 12.4. The standard InChI is InChI=1S/C16H28N4O2/c1-8-20(9-2)15(22)12-10-13(19(7)18-12)14(21)17-11(3)16(4,5)6/h10-11H,8-9H2,1-7H3,(H,17,21). The Morgan fingerprint density at radius 2 is 1.86 bits per heavy atom. The van der Waals surface area contributed by atoms with E-state index in [2.05, 4.69) is 31.2 Å². The van der Waals surface area contributed by atoms with E-state index in [4.69, 9.17) is 0 Å². The summed E-state index contributed by atoms with van der Waals surface area (Å²) in [5, 5.41) is 7.14. The molecule has 1 aromatic heterocycles. The molecule has 0 saturated heterocycles.